The Balaban J connectivity index is 2.35. The Morgan fingerprint density at radius 1 is 1.47 bits per heavy atom. The molecular formula is C10H20N4S. The molecule has 0 saturated heterocycles. The number of nitrogens with zero attached hydrogens (tertiary/aromatic N) is 2. The highest BCUT2D eigenvalue weighted by Crippen LogP contribution is 2.23. The molecule has 1 aromatic rings. The minimum absolute atomic E-state index is 0.263. The Morgan fingerprint density at radius 3 is 2.73 bits per heavy atom. The third kappa shape index (κ3) is 4.57. The summed E-state index contributed by atoms with van der Waals surface area (Å²) in [5.41, 5.74) is 5.77. The van der Waals surface area contributed by atoms with Crippen molar-refractivity contribution in [3.63, 3.8) is 0 Å². The number of hydrogen-bond donors (Lipinski definition) is 2. The second kappa shape index (κ2) is 5.42. The van der Waals surface area contributed by atoms with Gasteiger partial charge in [-0.05, 0) is 31.7 Å². The van der Waals surface area contributed by atoms with Crippen molar-refractivity contribution < 1.29 is 0 Å². The van der Waals surface area contributed by atoms with Gasteiger partial charge >= 0.3 is 0 Å². The lowest BCUT2D eigenvalue weighted by Gasteiger charge is -2.24. The zero-order valence-corrected chi connectivity index (χ0v) is 10.5. The van der Waals surface area contributed by atoms with Crippen LogP contribution in [0.3, 0.4) is 0 Å². The standard InChI is InChI=1S/C10H20N4S/c1-8-13-9(15-14-8)12-7-10(2,3)5-4-6-11/h4-7,11H2,1-3H3,(H,12,13,14). The van der Waals surface area contributed by atoms with E-state index < -0.39 is 0 Å². The summed E-state index contributed by atoms with van der Waals surface area (Å²) >= 11 is 1.42. The van der Waals surface area contributed by atoms with Crippen LogP contribution in [0.15, 0.2) is 0 Å². The third-order valence-corrected chi connectivity index (χ3v) is 3.07. The van der Waals surface area contributed by atoms with Crippen LogP contribution in [-0.2, 0) is 0 Å². The van der Waals surface area contributed by atoms with E-state index in [1.165, 1.54) is 11.5 Å². The van der Waals surface area contributed by atoms with Gasteiger partial charge in [0, 0.05) is 18.1 Å². The fourth-order valence-electron chi connectivity index (χ4n) is 1.35. The first kappa shape index (κ1) is 12.4. The van der Waals surface area contributed by atoms with Crippen LogP contribution in [0.4, 0.5) is 5.13 Å². The van der Waals surface area contributed by atoms with Gasteiger partial charge < -0.3 is 11.1 Å². The summed E-state index contributed by atoms with van der Waals surface area (Å²) in [6.07, 6.45) is 2.21. The van der Waals surface area contributed by atoms with Gasteiger partial charge in [0.15, 0.2) is 0 Å². The molecule has 86 valence electrons. The number of rotatable bonds is 6. The van der Waals surface area contributed by atoms with Crippen molar-refractivity contribution >= 4 is 16.7 Å². The van der Waals surface area contributed by atoms with Gasteiger partial charge in [-0.2, -0.15) is 4.37 Å². The molecule has 0 unspecified atom stereocenters. The molecule has 1 aromatic heterocycles. The van der Waals surface area contributed by atoms with Crippen LogP contribution in [0.1, 0.15) is 32.5 Å². The molecule has 0 bridgehead atoms. The molecule has 0 spiro atoms. The van der Waals surface area contributed by atoms with E-state index in [0.29, 0.717) is 0 Å². The van der Waals surface area contributed by atoms with Crippen LogP contribution in [0.2, 0.25) is 0 Å². The smallest absolute Gasteiger partial charge is 0.202 e. The maximum Gasteiger partial charge on any atom is 0.202 e. The van der Waals surface area contributed by atoms with Crippen molar-refractivity contribution in [2.45, 2.75) is 33.6 Å². The number of aromatic nitrogens is 2. The summed E-state index contributed by atoms with van der Waals surface area (Å²) in [6.45, 7) is 8.07. The van der Waals surface area contributed by atoms with E-state index >= 15 is 0 Å². The molecule has 0 aliphatic rings. The van der Waals surface area contributed by atoms with Crippen LogP contribution in [0.5, 0.6) is 0 Å². The third-order valence-electron chi connectivity index (χ3n) is 2.30. The highest BCUT2D eigenvalue weighted by molar-refractivity contribution is 7.09. The van der Waals surface area contributed by atoms with Crippen LogP contribution < -0.4 is 11.1 Å². The van der Waals surface area contributed by atoms with Gasteiger partial charge in [-0.1, -0.05) is 13.8 Å². The number of aryl methyl sites for hydroxylation is 1. The van der Waals surface area contributed by atoms with Crippen molar-refractivity contribution in [1.29, 1.82) is 0 Å². The van der Waals surface area contributed by atoms with Crippen LogP contribution in [-0.4, -0.2) is 22.4 Å². The Bertz CT molecular complexity index is 295. The first-order chi connectivity index (χ1) is 7.03. The van der Waals surface area contributed by atoms with Gasteiger partial charge in [0.2, 0.25) is 5.13 Å². The van der Waals surface area contributed by atoms with Crippen molar-refractivity contribution in [3.05, 3.63) is 5.82 Å². The van der Waals surface area contributed by atoms with Crippen LogP contribution >= 0.6 is 11.5 Å². The van der Waals surface area contributed by atoms with E-state index in [-0.39, 0.29) is 5.41 Å². The number of hydrogen-bond acceptors (Lipinski definition) is 5. The van der Waals surface area contributed by atoms with Crippen LogP contribution in [0.25, 0.3) is 0 Å². The Hall–Kier alpha value is -0.680. The van der Waals surface area contributed by atoms with Crippen molar-refractivity contribution in [2.24, 2.45) is 11.1 Å². The predicted molar refractivity (Wildman–Crippen MR) is 65.2 cm³/mol. The molecule has 5 heteroatoms. The fourth-order valence-corrected chi connectivity index (χ4v) is 1.92. The molecule has 0 aromatic carbocycles. The minimum atomic E-state index is 0.263. The summed E-state index contributed by atoms with van der Waals surface area (Å²) in [7, 11) is 0. The maximum atomic E-state index is 5.51. The first-order valence-corrected chi connectivity index (χ1v) is 6.05. The van der Waals surface area contributed by atoms with E-state index in [0.717, 1.165) is 36.9 Å². The molecule has 3 N–H and O–H groups in total. The van der Waals surface area contributed by atoms with Gasteiger partial charge in [-0.3, -0.25) is 0 Å². The lowest BCUT2D eigenvalue weighted by atomic mass is 9.88. The molecule has 0 atom stereocenters. The van der Waals surface area contributed by atoms with E-state index in [4.69, 9.17) is 5.73 Å². The monoisotopic (exact) mass is 228 g/mol. The molecule has 0 fully saturated rings. The van der Waals surface area contributed by atoms with Gasteiger partial charge in [0.25, 0.3) is 0 Å². The molecule has 4 nitrogen and oxygen atoms in total. The van der Waals surface area contributed by atoms with Crippen LogP contribution in [0, 0.1) is 12.3 Å². The summed E-state index contributed by atoms with van der Waals surface area (Å²) in [5.74, 6) is 0.835. The number of nitrogens with one attached hydrogen (secondary N) is 1. The molecule has 0 radical (unpaired) electrons. The van der Waals surface area contributed by atoms with E-state index in [1.807, 2.05) is 6.92 Å². The lowest BCUT2D eigenvalue weighted by Crippen LogP contribution is -2.24. The average Bonchev–Trinajstić information content (AvgIpc) is 2.59. The fraction of sp³-hybridized carbons (Fsp3) is 0.800. The maximum absolute atomic E-state index is 5.51. The molecule has 1 heterocycles. The zero-order chi connectivity index (χ0) is 11.3. The average molecular weight is 228 g/mol. The topological polar surface area (TPSA) is 63.8 Å². The summed E-state index contributed by atoms with van der Waals surface area (Å²) in [6, 6.07) is 0. The number of anilines is 1. The molecule has 0 amide bonds. The van der Waals surface area contributed by atoms with Gasteiger partial charge in [0.05, 0.1) is 0 Å². The van der Waals surface area contributed by atoms with E-state index in [2.05, 4.69) is 28.5 Å². The normalized spacial score (nSPS) is 11.7. The van der Waals surface area contributed by atoms with E-state index in [9.17, 15) is 0 Å². The molecule has 15 heavy (non-hydrogen) atoms. The molecule has 1 rings (SSSR count). The van der Waals surface area contributed by atoms with Crippen molar-refractivity contribution in [3.8, 4) is 0 Å². The quantitative estimate of drug-likeness (QED) is 0.782. The lowest BCUT2D eigenvalue weighted by molar-refractivity contribution is 0.350. The van der Waals surface area contributed by atoms with Gasteiger partial charge in [-0.25, -0.2) is 4.98 Å². The largest absolute Gasteiger partial charge is 0.360 e. The number of nitrogens with two attached hydrogens (primary N) is 1. The van der Waals surface area contributed by atoms with Gasteiger partial charge in [-0.15, -0.1) is 0 Å². The second-order valence-electron chi connectivity index (χ2n) is 4.56. The Labute approximate surface area is 95.5 Å². The minimum Gasteiger partial charge on any atom is -0.360 e. The molecule has 0 aliphatic heterocycles. The summed E-state index contributed by atoms with van der Waals surface area (Å²) in [4.78, 5) is 4.27. The molecule has 0 saturated carbocycles. The van der Waals surface area contributed by atoms with Gasteiger partial charge in [0.1, 0.15) is 5.82 Å². The highest BCUT2D eigenvalue weighted by atomic mass is 32.1. The molecular weight excluding hydrogens is 208 g/mol. The summed E-state index contributed by atoms with van der Waals surface area (Å²) in [5, 5.41) is 4.23. The zero-order valence-electron chi connectivity index (χ0n) is 9.71. The Kier molecular flexibility index (Phi) is 4.47. The predicted octanol–water partition coefficient (Wildman–Crippen LogP) is 2.02. The second-order valence-corrected chi connectivity index (χ2v) is 5.31. The van der Waals surface area contributed by atoms with E-state index in [1.54, 1.807) is 0 Å². The summed E-state index contributed by atoms with van der Waals surface area (Å²) < 4.78 is 4.13. The SMILES string of the molecule is Cc1nsc(NCC(C)(C)CCCN)n1. The molecule has 0 aliphatic carbocycles. The first-order valence-electron chi connectivity index (χ1n) is 5.28. The highest BCUT2D eigenvalue weighted by Gasteiger charge is 2.17. The Morgan fingerprint density at radius 2 is 2.20 bits per heavy atom. The van der Waals surface area contributed by atoms with Crippen molar-refractivity contribution in [1.82, 2.24) is 9.36 Å². The van der Waals surface area contributed by atoms with Crippen molar-refractivity contribution in [2.75, 3.05) is 18.4 Å².